The molecule has 2 N–H and O–H groups in total. The van der Waals surface area contributed by atoms with Crippen molar-refractivity contribution in [1.82, 2.24) is 9.97 Å². The second-order valence-electron chi connectivity index (χ2n) is 5.34. The van der Waals surface area contributed by atoms with Crippen LogP contribution >= 0.6 is 0 Å². The third kappa shape index (κ3) is 4.34. The van der Waals surface area contributed by atoms with Gasteiger partial charge in [-0.3, -0.25) is 19.9 Å². The first-order valence-electron chi connectivity index (χ1n) is 7.35. The summed E-state index contributed by atoms with van der Waals surface area (Å²) in [6, 6.07) is 5.09. The maximum atomic E-state index is 11.6. The van der Waals surface area contributed by atoms with Crippen molar-refractivity contribution in [3.63, 3.8) is 0 Å². The van der Waals surface area contributed by atoms with Gasteiger partial charge in [0.25, 0.3) is 0 Å². The summed E-state index contributed by atoms with van der Waals surface area (Å²) in [4.78, 5) is 37.1. The molecule has 1 heterocycles. The summed E-state index contributed by atoms with van der Waals surface area (Å²) in [5.74, 6) is 1.05. The van der Waals surface area contributed by atoms with Gasteiger partial charge in [-0.05, 0) is 37.6 Å². The molecule has 0 aliphatic heterocycles. The largest absolute Gasteiger partial charge is 0.493 e. The quantitative estimate of drug-likeness (QED) is 0.607. The third-order valence-corrected chi connectivity index (χ3v) is 3.12. The highest BCUT2D eigenvalue weighted by Crippen LogP contribution is 2.29. The van der Waals surface area contributed by atoms with Crippen LogP contribution in [-0.2, 0) is 0 Å². The fourth-order valence-electron chi connectivity index (χ4n) is 2.12. The van der Waals surface area contributed by atoms with Crippen molar-refractivity contribution in [3.05, 3.63) is 60.4 Å². The molecular weight excluding hydrogens is 330 g/mol. The van der Waals surface area contributed by atoms with Crippen LogP contribution in [0.4, 0.5) is 5.69 Å². The first-order chi connectivity index (χ1) is 11.8. The molecule has 0 unspecified atom stereocenters. The molecule has 0 amide bonds. The maximum absolute atomic E-state index is 11.6. The lowest BCUT2D eigenvalue weighted by Crippen LogP contribution is -2.25. The monoisotopic (exact) mass is 347 g/mol. The number of ether oxygens (including phenoxy) is 2. The zero-order chi connectivity index (χ0) is 18.6. The van der Waals surface area contributed by atoms with E-state index in [4.69, 9.17) is 9.47 Å². The number of nitro groups is 1. The Morgan fingerprint density at radius 1 is 1.16 bits per heavy atom. The van der Waals surface area contributed by atoms with Gasteiger partial charge in [0, 0.05) is 0 Å². The Kier molecular flexibility index (Phi) is 5.38. The van der Waals surface area contributed by atoms with Gasteiger partial charge in [0.1, 0.15) is 5.69 Å². The molecular formula is C16H17N3O6. The second kappa shape index (κ2) is 7.47. The van der Waals surface area contributed by atoms with E-state index in [0.29, 0.717) is 17.1 Å². The van der Waals surface area contributed by atoms with Crippen molar-refractivity contribution in [3.8, 4) is 11.5 Å². The zero-order valence-electron chi connectivity index (χ0n) is 13.9. The number of benzene rings is 1. The predicted octanol–water partition coefficient (Wildman–Crippen LogP) is 1.94. The second-order valence-corrected chi connectivity index (χ2v) is 5.34. The van der Waals surface area contributed by atoms with E-state index >= 15 is 0 Å². The van der Waals surface area contributed by atoms with Gasteiger partial charge in [-0.25, -0.2) is 4.79 Å². The fourth-order valence-corrected chi connectivity index (χ4v) is 2.12. The number of aromatic amines is 2. The summed E-state index contributed by atoms with van der Waals surface area (Å²) < 4.78 is 10.9. The summed E-state index contributed by atoms with van der Waals surface area (Å²) in [6.45, 7) is 3.77. The number of methoxy groups -OCH3 is 1. The molecule has 0 aliphatic carbocycles. The number of H-pyrrole nitrogens is 2. The molecule has 25 heavy (non-hydrogen) atoms. The third-order valence-electron chi connectivity index (χ3n) is 3.12. The standard InChI is InChI=1S/C16H17N3O6/c1-9(2)25-12-7-5-10(8-13(12)24-3)4-6-11-14(19(22)23)15(20)18-16(21)17-11/h4-9H,1-3H3,(H2,17,18,20,21)/b6-4+. The lowest BCUT2D eigenvalue weighted by atomic mass is 10.1. The average Bonchev–Trinajstić information content (AvgIpc) is 2.52. The van der Waals surface area contributed by atoms with Crippen molar-refractivity contribution in [2.24, 2.45) is 0 Å². The predicted molar refractivity (Wildman–Crippen MR) is 92.0 cm³/mol. The molecule has 0 spiro atoms. The van der Waals surface area contributed by atoms with Gasteiger partial charge in [-0.1, -0.05) is 12.1 Å². The minimum Gasteiger partial charge on any atom is -0.493 e. The number of aromatic nitrogens is 2. The van der Waals surface area contributed by atoms with E-state index in [-0.39, 0.29) is 11.8 Å². The molecule has 1 aromatic carbocycles. The van der Waals surface area contributed by atoms with Crippen LogP contribution in [0.1, 0.15) is 25.1 Å². The van der Waals surface area contributed by atoms with Gasteiger partial charge in [-0.2, -0.15) is 0 Å². The molecule has 9 nitrogen and oxygen atoms in total. The molecule has 0 atom stereocenters. The number of rotatable bonds is 6. The summed E-state index contributed by atoms with van der Waals surface area (Å²) in [7, 11) is 1.50. The first kappa shape index (κ1) is 18.0. The van der Waals surface area contributed by atoms with E-state index in [2.05, 4.69) is 4.98 Å². The summed E-state index contributed by atoms with van der Waals surface area (Å²) >= 11 is 0. The van der Waals surface area contributed by atoms with E-state index in [0.717, 1.165) is 0 Å². The molecule has 132 valence electrons. The van der Waals surface area contributed by atoms with Crippen LogP contribution in [0.2, 0.25) is 0 Å². The first-order valence-corrected chi connectivity index (χ1v) is 7.35. The average molecular weight is 347 g/mol. The Hall–Kier alpha value is -3.36. The fraction of sp³-hybridized carbons (Fsp3) is 0.250. The Bertz CT molecular complexity index is 926. The zero-order valence-corrected chi connectivity index (χ0v) is 13.9. The molecule has 0 fully saturated rings. The number of hydrogen-bond donors (Lipinski definition) is 2. The van der Waals surface area contributed by atoms with Gasteiger partial charge < -0.3 is 14.5 Å². The highest BCUT2D eigenvalue weighted by Gasteiger charge is 2.18. The minimum atomic E-state index is -1.06. The molecule has 1 aromatic heterocycles. The van der Waals surface area contributed by atoms with E-state index in [1.807, 2.05) is 18.8 Å². The van der Waals surface area contributed by atoms with Crippen LogP contribution in [-0.4, -0.2) is 28.1 Å². The Morgan fingerprint density at radius 3 is 2.48 bits per heavy atom. The topological polar surface area (TPSA) is 127 Å². The molecule has 2 rings (SSSR count). The van der Waals surface area contributed by atoms with Crippen LogP contribution < -0.4 is 20.7 Å². The van der Waals surface area contributed by atoms with Crippen molar-refractivity contribution in [2.45, 2.75) is 20.0 Å². The van der Waals surface area contributed by atoms with Gasteiger partial charge in [0.2, 0.25) is 0 Å². The van der Waals surface area contributed by atoms with E-state index in [9.17, 15) is 19.7 Å². The van der Waals surface area contributed by atoms with E-state index < -0.39 is 21.9 Å². The van der Waals surface area contributed by atoms with Gasteiger partial charge in [-0.15, -0.1) is 0 Å². The van der Waals surface area contributed by atoms with E-state index in [1.54, 1.807) is 18.2 Å². The molecule has 2 aromatic rings. The molecule has 0 aliphatic rings. The van der Waals surface area contributed by atoms with Crippen molar-refractivity contribution >= 4 is 17.8 Å². The molecule has 9 heteroatoms. The summed E-state index contributed by atoms with van der Waals surface area (Å²) in [6.07, 6.45) is 2.77. The minimum absolute atomic E-state index is 0.0286. The molecule has 0 bridgehead atoms. The maximum Gasteiger partial charge on any atom is 0.357 e. The smallest absolute Gasteiger partial charge is 0.357 e. The van der Waals surface area contributed by atoms with Crippen LogP contribution in [0, 0.1) is 10.1 Å². The van der Waals surface area contributed by atoms with Crippen LogP contribution in [0.5, 0.6) is 11.5 Å². The Morgan fingerprint density at radius 2 is 1.88 bits per heavy atom. The molecule has 0 radical (unpaired) electrons. The SMILES string of the molecule is COc1cc(/C=C/c2[nH]c(=O)[nH]c(=O)c2[N+](=O)[O-])ccc1OC(C)C. The molecule has 0 saturated carbocycles. The van der Waals surface area contributed by atoms with Gasteiger partial charge in [0.05, 0.1) is 18.1 Å². The van der Waals surface area contributed by atoms with E-state index in [1.165, 1.54) is 19.3 Å². The summed E-state index contributed by atoms with van der Waals surface area (Å²) in [5.41, 5.74) is -2.17. The highest BCUT2D eigenvalue weighted by atomic mass is 16.6. The lowest BCUT2D eigenvalue weighted by Gasteiger charge is -2.13. The molecule has 0 saturated heterocycles. The van der Waals surface area contributed by atoms with Crippen LogP contribution in [0.25, 0.3) is 12.2 Å². The van der Waals surface area contributed by atoms with Gasteiger partial charge >= 0.3 is 16.9 Å². The normalized spacial score (nSPS) is 11.0. The van der Waals surface area contributed by atoms with Crippen LogP contribution in [0.15, 0.2) is 27.8 Å². The van der Waals surface area contributed by atoms with Gasteiger partial charge in [0.15, 0.2) is 11.5 Å². The summed E-state index contributed by atoms with van der Waals surface area (Å²) in [5, 5.41) is 11.0. The number of hydrogen-bond acceptors (Lipinski definition) is 6. The van der Waals surface area contributed by atoms with Crippen molar-refractivity contribution in [2.75, 3.05) is 7.11 Å². The number of nitrogens with one attached hydrogen (secondary N) is 2. The number of nitrogens with zero attached hydrogens (tertiary/aromatic N) is 1. The Balaban J connectivity index is 2.42. The Labute approximate surface area is 142 Å². The van der Waals surface area contributed by atoms with Crippen molar-refractivity contribution in [1.29, 1.82) is 0 Å². The lowest BCUT2D eigenvalue weighted by molar-refractivity contribution is -0.386. The van der Waals surface area contributed by atoms with Crippen LogP contribution in [0.3, 0.4) is 0 Å². The highest BCUT2D eigenvalue weighted by molar-refractivity contribution is 5.72. The van der Waals surface area contributed by atoms with Crippen molar-refractivity contribution < 1.29 is 14.4 Å².